The highest BCUT2D eigenvalue weighted by atomic mass is 31.2. The molecule has 0 saturated carbocycles. The van der Waals surface area contributed by atoms with Gasteiger partial charge in [-0.25, -0.2) is 4.44 Å². The van der Waals surface area contributed by atoms with E-state index in [1.54, 1.807) is 15.6 Å². The molecule has 2 nitrogen and oxygen atoms in total. The van der Waals surface area contributed by atoms with Crippen molar-refractivity contribution in [2.45, 2.75) is 232 Å². The van der Waals surface area contributed by atoms with Crippen molar-refractivity contribution in [3.8, 4) is 0 Å². The van der Waals surface area contributed by atoms with Gasteiger partial charge in [0.05, 0.1) is 24.2 Å². The van der Waals surface area contributed by atoms with Gasteiger partial charge in [-0.1, -0.05) is 351 Å². The number of fused-ring (bicyclic) bond motifs is 3. The van der Waals surface area contributed by atoms with Crippen LogP contribution in [0.5, 0.6) is 0 Å². The molecule has 6 aromatic rings. The summed E-state index contributed by atoms with van der Waals surface area (Å²) in [5, 5.41) is 13.3. The molecular weight excluding hydrogens is 981 g/mol. The first kappa shape index (κ1) is 60.6. The standard InChI is InChI=1S/C67H103NOP2Si3/c1-11-20-48-72(49-21-12-2,50-22-13-3)60-42-36-57(37-43-60)70(58-38-44-61(45-39-58)73(51-23-14-4,52-24-15-5)53-25-16-6)68(10)71(66-35-31-33-64-63-32-29-30-34-65(63)69-67(64)66)59-40-46-62(47-41-59)74(54-26-17-7,55-27-18-8)56-28-19-9/h29-47H,11-28,48-56H2,1-10H3. The molecule has 1 heterocycles. The monoisotopic (exact) mass is 1080 g/mol. The SMILES string of the molecule is CCCC[Si](CCCC)(CCCC)c1ccc(P(c2ccc([Si](CCCC)(CCCC)CCCC)cc2)N(C)P(c2ccc([Si](CCCC)(CCCC)CCCC)cc2)c2cccc3c2oc2ccccc23)cc1. The van der Waals surface area contributed by atoms with Crippen molar-refractivity contribution in [2.24, 2.45) is 0 Å². The molecule has 0 amide bonds. The zero-order valence-electron chi connectivity index (χ0n) is 48.8. The molecule has 1 aromatic heterocycles. The Morgan fingerprint density at radius 3 is 0.959 bits per heavy atom. The van der Waals surface area contributed by atoms with Crippen LogP contribution >= 0.6 is 16.1 Å². The van der Waals surface area contributed by atoms with E-state index in [4.69, 9.17) is 4.42 Å². The molecule has 0 aliphatic heterocycles. The Hall–Kier alpha value is -2.63. The molecule has 74 heavy (non-hydrogen) atoms. The van der Waals surface area contributed by atoms with Crippen LogP contribution in [0.3, 0.4) is 0 Å². The van der Waals surface area contributed by atoms with Crippen LogP contribution in [0.2, 0.25) is 54.4 Å². The molecule has 6 rings (SSSR count). The zero-order chi connectivity index (χ0) is 52.8. The van der Waals surface area contributed by atoms with E-state index in [9.17, 15) is 0 Å². The first-order valence-electron chi connectivity index (χ1n) is 30.7. The van der Waals surface area contributed by atoms with Crippen LogP contribution < -0.4 is 36.8 Å². The third-order valence-electron chi connectivity index (χ3n) is 17.4. The van der Waals surface area contributed by atoms with Crippen molar-refractivity contribution in [3.05, 3.63) is 115 Å². The lowest BCUT2D eigenvalue weighted by Crippen LogP contribution is -2.48. The molecule has 0 N–H and O–H groups in total. The van der Waals surface area contributed by atoms with Gasteiger partial charge in [-0.15, -0.1) is 0 Å². The van der Waals surface area contributed by atoms with E-state index in [0.717, 1.165) is 11.2 Å². The van der Waals surface area contributed by atoms with Gasteiger partial charge in [-0.3, -0.25) is 0 Å². The summed E-state index contributed by atoms with van der Waals surface area (Å²) in [5.41, 5.74) is 2.05. The minimum absolute atomic E-state index is 0.934. The van der Waals surface area contributed by atoms with Crippen LogP contribution in [0.25, 0.3) is 21.9 Å². The number of unbranched alkanes of at least 4 members (excludes halogenated alkanes) is 9. The van der Waals surface area contributed by atoms with E-state index in [-0.39, 0.29) is 0 Å². The van der Waals surface area contributed by atoms with Crippen LogP contribution in [-0.4, -0.2) is 35.7 Å². The van der Waals surface area contributed by atoms with Gasteiger partial charge in [0.1, 0.15) is 11.2 Å². The van der Waals surface area contributed by atoms with Gasteiger partial charge < -0.3 is 4.42 Å². The Morgan fingerprint density at radius 2 is 0.635 bits per heavy atom. The summed E-state index contributed by atoms with van der Waals surface area (Å²) in [4.78, 5) is 0. The summed E-state index contributed by atoms with van der Waals surface area (Å²) in [6.07, 6.45) is 23.8. The number of para-hydroxylation sites is 2. The maximum atomic E-state index is 7.05. The summed E-state index contributed by atoms with van der Waals surface area (Å²) < 4.78 is 9.93. The Morgan fingerprint density at radius 1 is 0.338 bits per heavy atom. The number of hydrogen-bond acceptors (Lipinski definition) is 2. The van der Waals surface area contributed by atoms with E-state index < -0.39 is 40.4 Å². The van der Waals surface area contributed by atoms with Crippen LogP contribution in [0.1, 0.15) is 178 Å². The second-order valence-electron chi connectivity index (χ2n) is 22.8. The van der Waals surface area contributed by atoms with Gasteiger partial charge in [0.25, 0.3) is 0 Å². The summed E-state index contributed by atoms with van der Waals surface area (Å²) >= 11 is 0. The highest BCUT2D eigenvalue weighted by Gasteiger charge is 2.38. The zero-order valence-corrected chi connectivity index (χ0v) is 53.6. The van der Waals surface area contributed by atoms with Crippen molar-refractivity contribution < 1.29 is 4.42 Å². The number of hydrogen-bond donors (Lipinski definition) is 0. The largest absolute Gasteiger partial charge is 0.455 e. The first-order valence-corrected chi connectivity index (χ1v) is 41.2. The second kappa shape index (κ2) is 31.1. The fourth-order valence-corrected chi connectivity index (χ4v) is 35.3. The normalized spacial score (nSPS) is 13.0. The summed E-state index contributed by atoms with van der Waals surface area (Å²) in [6.45, 7) is 21.6. The third-order valence-corrected chi connectivity index (χ3v) is 39.3. The smallest absolute Gasteiger partial charge is 0.144 e. The highest BCUT2D eigenvalue weighted by molar-refractivity contribution is 7.84. The molecule has 1 unspecified atom stereocenters. The molecule has 1 atom stereocenters. The molecule has 0 bridgehead atoms. The number of nitrogens with zero attached hydrogens (tertiary/aromatic N) is 1. The lowest BCUT2D eigenvalue weighted by molar-refractivity contribution is 0.671. The second-order valence-corrected chi connectivity index (χ2v) is 41.5. The molecular formula is C67H103NOP2Si3. The average Bonchev–Trinajstić information content (AvgIpc) is 3.83. The van der Waals surface area contributed by atoms with E-state index in [0.29, 0.717) is 0 Å². The van der Waals surface area contributed by atoms with E-state index in [2.05, 4.69) is 189 Å². The molecule has 0 aliphatic rings. The Balaban J connectivity index is 1.59. The Kier molecular flexibility index (Phi) is 25.5. The van der Waals surface area contributed by atoms with Crippen LogP contribution in [0.15, 0.2) is 120 Å². The predicted octanol–water partition coefficient (Wildman–Crippen LogP) is 19.1. The molecule has 404 valence electrons. The van der Waals surface area contributed by atoms with Crippen LogP contribution in [0, 0.1) is 0 Å². The summed E-state index contributed by atoms with van der Waals surface area (Å²) in [5.74, 6) is 0. The van der Waals surface area contributed by atoms with Crippen molar-refractivity contribution in [1.82, 2.24) is 4.44 Å². The molecule has 0 spiro atoms. The van der Waals surface area contributed by atoms with Gasteiger partial charge in [-0.05, 0) is 35.1 Å². The van der Waals surface area contributed by atoms with Crippen molar-refractivity contribution >= 4 is 99.1 Å². The molecule has 5 aromatic carbocycles. The van der Waals surface area contributed by atoms with Crippen LogP contribution in [0.4, 0.5) is 0 Å². The van der Waals surface area contributed by atoms with Crippen LogP contribution in [-0.2, 0) is 0 Å². The minimum Gasteiger partial charge on any atom is -0.455 e. The highest BCUT2D eigenvalue weighted by Crippen LogP contribution is 2.54. The van der Waals surface area contributed by atoms with Gasteiger partial charge in [0.2, 0.25) is 0 Å². The van der Waals surface area contributed by atoms with Crippen molar-refractivity contribution in [2.75, 3.05) is 7.05 Å². The van der Waals surface area contributed by atoms with E-state index in [1.165, 1.54) is 202 Å². The molecule has 0 radical (unpaired) electrons. The summed E-state index contributed by atoms with van der Waals surface area (Å²) in [6, 6.07) is 60.3. The van der Waals surface area contributed by atoms with Crippen molar-refractivity contribution in [1.29, 1.82) is 0 Å². The van der Waals surface area contributed by atoms with Gasteiger partial charge in [-0.2, -0.15) is 0 Å². The minimum atomic E-state index is -1.70. The predicted molar refractivity (Wildman–Crippen MR) is 347 cm³/mol. The van der Waals surface area contributed by atoms with Gasteiger partial charge in [0, 0.05) is 32.2 Å². The molecule has 0 saturated heterocycles. The third kappa shape index (κ3) is 14.9. The maximum Gasteiger partial charge on any atom is 0.144 e. The average molecular weight is 1080 g/mol. The maximum absolute atomic E-state index is 7.05. The number of furan rings is 1. The quantitative estimate of drug-likeness (QED) is 0.0288. The molecule has 0 aliphatic carbocycles. The topological polar surface area (TPSA) is 16.4 Å². The lowest BCUT2D eigenvalue weighted by atomic mass is 10.1. The lowest BCUT2D eigenvalue weighted by Gasteiger charge is -2.38. The fourth-order valence-electron chi connectivity index (χ4n) is 12.9. The summed E-state index contributed by atoms with van der Waals surface area (Å²) in [7, 11) is -4.53. The molecule has 0 fully saturated rings. The van der Waals surface area contributed by atoms with E-state index in [1.807, 2.05) is 0 Å². The number of rotatable bonds is 36. The Bertz CT molecular complexity index is 2360. The molecule has 7 heteroatoms. The first-order chi connectivity index (χ1) is 36.2. The van der Waals surface area contributed by atoms with E-state index >= 15 is 0 Å². The Labute approximate surface area is 459 Å². The van der Waals surface area contributed by atoms with Crippen molar-refractivity contribution in [3.63, 3.8) is 0 Å². The van der Waals surface area contributed by atoms with Gasteiger partial charge >= 0.3 is 0 Å². The van der Waals surface area contributed by atoms with Gasteiger partial charge in [0.15, 0.2) is 0 Å². The number of benzene rings is 5. The fraction of sp³-hybridized carbons (Fsp3) is 0.552.